The van der Waals surface area contributed by atoms with E-state index in [9.17, 15) is 8.42 Å². The van der Waals surface area contributed by atoms with Crippen molar-refractivity contribution in [1.29, 1.82) is 0 Å². The second kappa shape index (κ2) is 4.92. The molecule has 3 N–H and O–H groups in total. The summed E-state index contributed by atoms with van der Waals surface area (Å²) in [5, 5.41) is 0. The fourth-order valence-corrected chi connectivity index (χ4v) is 2.45. The summed E-state index contributed by atoms with van der Waals surface area (Å²) < 4.78 is 23.8. The van der Waals surface area contributed by atoms with Gasteiger partial charge in [-0.3, -0.25) is 0 Å². The molecule has 0 atom stereocenters. The summed E-state index contributed by atoms with van der Waals surface area (Å²) in [6.07, 6.45) is 0. The molecule has 92 valence electrons. The maximum absolute atomic E-state index is 11.8. The molecule has 0 spiro atoms. The quantitative estimate of drug-likeness (QED) is 0.606. The minimum absolute atomic E-state index is 0. The number of benzene rings is 1. The van der Waals surface area contributed by atoms with Crippen molar-refractivity contribution in [3.05, 3.63) is 29.8 Å². The predicted molar refractivity (Wildman–Crippen MR) is 63.1 cm³/mol. The molecule has 0 unspecified atom stereocenters. The van der Waals surface area contributed by atoms with Crippen molar-refractivity contribution in [1.82, 2.24) is 4.83 Å². The van der Waals surface area contributed by atoms with Crippen molar-refractivity contribution < 1.29 is 18.5 Å². The number of quaternary nitrogens is 1. The molecule has 0 aliphatic rings. The standard InChI is InChI=1S/C10H17N2O2S.H2O/c1-9-5-7-10(8-6-9)15(13,14)11-12(2,3)4;/h5-8,11H,1-4H3;1H2/q+1;. The van der Waals surface area contributed by atoms with Crippen LogP contribution in [-0.4, -0.2) is 39.6 Å². The second-order valence-electron chi connectivity index (χ2n) is 4.42. The van der Waals surface area contributed by atoms with Gasteiger partial charge in [-0.05, 0) is 19.1 Å². The first kappa shape index (κ1) is 15.0. The Kier molecular flexibility index (Phi) is 4.63. The highest BCUT2D eigenvalue weighted by atomic mass is 32.2. The number of aryl methyl sites for hydroxylation is 1. The van der Waals surface area contributed by atoms with Gasteiger partial charge in [0.15, 0.2) is 0 Å². The fourth-order valence-electron chi connectivity index (χ4n) is 1.13. The molecule has 0 fully saturated rings. The van der Waals surface area contributed by atoms with E-state index in [1.165, 1.54) is 0 Å². The fraction of sp³-hybridized carbons (Fsp3) is 0.400. The van der Waals surface area contributed by atoms with E-state index >= 15 is 0 Å². The Balaban J connectivity index is 0.00000225. The van der Waals surface area contributed by atoms with Gasteiger partial charge in [-0.15, -0.1) is 0 Å². The van der Waals surface area contributed by atoms with Crippen LogP contribution in [0, 0.1) is 6.92 Å². The van der Waals surface area contributed by atoms with Crippen molar-refractivity contribution in [3.63, 3.8) is 0 Å². The van der Waals surface area contributed by atoms with Crippen molar-refractivity contribution in [2.75, 3.05) is 21.1 Å². The highest BCUT2D eigenvalue weighted by molar-refractivity contribution is 7.89. The van der Waals surface area contributed by atoms with E-state index < -0.39 is 10.0 Å². The molecule has 1 aromatic rings. The molecular weight excluding hydrogens is 228 g/mol. The lowest BCUT2D eigenvalue weighted by Crippen LogP contribution is -2.50. The maximum atomic E-state index is 11.8. The van der Waals surface area contributed by atoms with Crippen LogP contribution in [0.4, 0.5) is 0 Å². The molecule has 0 aliphatic carbocycles. The van der Waals surface area contributed by atoms with Crippen LogP contribution in [0.3, 0.4) is 0 Å². The van der Waals surface area contributed by atoms with Gasteiger partial charge in [0.1, 0.15) is 0 Å². The molecule has 1 rings (SSSR count). The minimum atomic E-state index is -3.41. The molecular formula is C10H19N2O3S+. The third-order valence-corrected chi connectivity index (χ3v) is 3.41. The lowest BCUT2D eigenvalue weighted by Gasteiger charge is -2.23. The van der Waals surface area contributed by atoms with Gasteiger partial charge in [-0.25, -0.2) is 13.0 Å². The molecule has 0 bridgehead atoms. The van der Waals surface area contributed by atoms with Crippen LogP contribution < -0.4 is 4.83 Å². The van der Waals surface area contributed by atoms with Gasteiger partial charge in [0, 0.05) is 0 Å². The van der Waals surface area contributed by atoms with Crippen molar-refractivity contribution in [3.8, 4) is 0 Å². The maximum Gasteiger partial charge on any atom is 0.282 e. The average Bonchev–Trinajstić information content (AvgIpc) is 2.00. The Labute approximate surface area is 96.6 Å². The zero-order chi connectivity index (χ0) is 11.7. The van der Waals surface area contributed by atoms with Gasteiger partial charge in [0.05, 0.1) is 26.0 Å². The normalized spacial score (nSPS) is 12.0. The topological polar surface area (TPSA) is 77.7 Å². The van der Waals surface area contributed by atoms with Crippen molar-refractivity contribution >= 4 is 10.0 Å². The molecule has 0 aliphatic heterocycles. The summed E-state index contributed by atoms with van der Waals surface area (Å²) in [6, 6.07) is 6.77. The van der Waals surface area contributed by atoms with Crippen LogP contribution in [0.15, 0.2) is 29.2 Å². The molecule has 0 radical (unpaired) electrons. The van der Waals surface area contributed by atoms with Crippen molar-refractivity contribution in [2.45, 2.75) is 11.8 Å². The van der Waals surface area contributed by atoms with Gasteiger partial charge in [0.25, 0.3) is 10.0 Å². The molecule has 0 heterocycles. The highest BCUT2D eigenvalue weighted by Crippen LogP contribution is 2.10. The SMILES string of the molecule is Cc1ccc(S(=O)(=O)N[N+](C)(C)C)cc1.O. The smallest absolute Gasteiger partial charge is 0.282 e. The van der Waals surface area contributed by atoms with Crippen LogP contribution in [0.1, 0.15) is 5.56 Å². The Hall–Kier alpha value is -0.950. The van der Waals surface area contributed by atoms with Crippen LogP contribution >= 0.6 is 0 Å². The molecule has 0 aromatic heterocycles. The zero-order valence-corrected chi connectivity index (χ0v) is 10.8. The summed E-state index contributed by atoms with van der Waals surface area (Å²) in [6.45, 7) is 1.92. The van der Waals surface area contributed by atoms with E-state index in [4.69, 9.17) is 0 Å². The molecule has 6 heteroatoms. The number of sulfonamides is 1. The van der Waals surface area contributed by atoms with E-state index in [0.29, 0.717) is 4.90 Å². The summed E-state index contributed by atoms with van der Waals surface area (Å²) >= 11 is 0. The van der Waals surface area contributed by atoms with Crippen LogP contribution in [0.2, 0.25) is 0 Å². The number of hydrogen-bond acceptors (Lipinski definition) is 2. The summed E-state index contributed by atoms with van der Waals surface area (Å²) in [4.78, 5) is 2.83. The van der Waals surface area contributed by atoms with E-state index in [0.717, 1.165) is 5.56 Å². The summed E-state index contributed by atoms with van der Waals surface area (Å²) in [5.41, 5.74) is 1.04. The highest BCUT2D eigenvalue weighted by Gasteiger charge is 2.21. The number of hydrogen-bond donors (Lipinski definition) is 1. The molecule has 0 saturated heterocycles. The molecule has 16 heavy (non-hydrogen) atoms. The van der Waals surface area contributed by atoms with Gasteiger partial charge < -0.3 is 5.48 Å². The van der Waals surface area contributed by atoms with E-state index in [1.807, 2.05) is 6.92 Å². The molecule has 0 amide bonds. The first-order valence-electron chi connectivity index (χ1n) is 4.63. The lowest BCUT2D eigenvalue weighted by atomic mass is 10.2. The molecule has 1 aromatic carbocycles. The van der Waals surface area contributed by atoms with E-state index in [-0.39, 0.29) is 10.1 Å². The predicted octanol–water partition coefficient (Wildman–Crippen LogP) is 0.0698. The summed E-state index contributed by atoms with van der Waals surface area (Å²) in [7, 11) is 1.85. The van der Waals surface area contributed by atoms with E-state index in [1.54, 1.807) is 45.4 Å². The first-order chi connectivity index (χ1) is 6.71. The number of nitrogens with zero attached hydrogens (tertiary/aromatic N) is 1. The van der Waals surface area contributed by atoms with Crippen molar-refractivity contribution in [2.24, 2.45) is 0 Å². The minimum Gasteiger partial charge on any atom is -0.412 e. The molecule has 5 nitrogen and oxygen atoms in total. The van der Waals surface area contributed by atoms with Gasteiger partial charge in [-0.2, -0.15) is 0 Å². The number of nitrogens with one attached hydrogen (secondary N) is 1. The average molecular weight is 247 g/mol. The third kappa shape index (κ3) is 4.28. The van der Waals surface area contributed by atoms with Gasteiger partial charge >= 0.3 is 0 Å². The third-order valence-electron chi connectivity index (χ3n) is 1.73. The Morgan fingerprint density at radius 2 is 1.50 bits per heavy atom. The molecule has 0 saturated carbocycles. The van der Waals surface area contributed by atoms with E-state index in [2.05, 4.69) is 4.83 Å². The van der Waals surface area contributed by atoms with Gasteiger partial charge in [-0.1, -0.05) is 22.5 Å². The largest absolute Gasteiger partial charge is 0.412 e. The number of rotatable bonds is 3. The van der Waals surface area contributed by atoms with Crippen LogP contribution in [-0.2, 0) is 10.0 Å². The second-order valence-corrected chi connectivity index (χ2v) is 6.08. The van der Waals surface area contributed by atoms with Gasteiger partial charge in [0.2, 0.25) is 0 Å². The Morgan fingerprint density at radius 3 is 1.88 bits per heavy atom. The monoisotopic (exact) mass is 247 g/mol. The van der Waals surface area contributed by atoms with Crippen LogP contribution in [0.25, 0.3) is 0 Å². The Bertz CT molecular complexity index is 432. The van der Waals surface area contributed by atoms with Crippen LogP contribution in [0.5, 0.6) is 0 Å². The summed E-state index contributed by atoms with van der Waals surface area (Å²) in [5.74, 6) is 0. The first-order valence-corrected chi connectivity index (χ1v) is 6.11. The zero-order valence-electron chi connectivity index (χ0n) is 9.98. The Morgan fingerprint density at radius 1 is 1.06 bits per heavy atom. The lowest BCUT2D eigenvalue weighted by molar-refractivity contribution is -0.900.